The molecule has 7 heteroatoms. The molecule has 0 N–H and O–H groups in total. The summed E-state index contributed by atoms with van der Waals surface area (Å²) < 4.78 is 20.8. The molecule has 1 aliphatic rings. The third-order valence-electron chi connectivity index (χ3n) is 5.21. The van der Waals surface area contributed by atoms with E-state index < -0.39 is 0 Å². The fraction of sp³-hybridized carbons (Fsp3) is 0.304. The lowest BCUT2D eigenvalue weighted by atomic mass is 10.2. The van der Waals surface area contributed by atoms with Crippen LogP contribution in [0.15, 0.2) is 60.8 Å². The topological polar surface area (TPSA) is 50.6 Å². The van der Waals surface area contributed by atoms with Crippen molar-refractivity contribution in [2.45, 2.75) is 13.5 Å². The second kappa shape index (κ2) is 9.09. The van der Waals surface area contributed by atoms with Crippen molar-refractivity contribution in [3.63, 3.8) is 0 Å². The minimum atomic E-state index is -0.373. The number of para-hydroxylation sites is 1. The number of nitrogens with zero attached hydrogens (tertiary/aromatic N) is 4. The second-order valence-corrected chi connectivity index (χ2v) is 7.24. The van der Waals surface area contributed by atoms with Crippen LogP contribution >= 0.6 is 0 Å². The van der Waals surface area contributed by atoms with E-state index in [-0.39, 0.29) is 11.7 Å². The summed E-state index contributed by atoms with van der Waals surface area (Å²) >= 11 is 0. The first-order valence-electron chi connectivity index (χ1n) is 10.2. The Labute approximate surface area is 175 Å². The van der Waals surface area contributed by atoms with Crippen LogP contribution in [0.3, 0.4) is 0 Å². The molecule has 1 aromatic heterocycles. The van der Waals surface area contributed by atoms with Crippen LogP contribution in [0.4, 0.5) is 4.39 Å². The number of piperazine rings is 1. The number of ether oxygens (including phenoxy) is 1. The van der Waals surface area contributed by atoms with Crippen molar-refractivity contribution in [2.75, 3.05) is 32.8 Å². The van der Waals surface area contributed by atoms with Crippen molar-refractivity contribution in [1.29, 1.82) is 0 Å². The molecule has 0 saturated carbocycles. The van der Waals surface area contributed by atoms with Gasteiger partial charge >= 0.3 is 0 Å². The zero-order valence-electron chi connectivity index (χ0n) is 17.0. The Morgan fingerprint density at radius 2 is 1.77 bits per heavy atom. The molecule has 0 unspecified atom stereocenters. The Kier molecular flexibility index (Phi) is 6.09. The first kappa shape index (κ1) is 20.1. The molecule has 2 heterocycles. The molecule has 1 saturated heterocycles. The van der Waals surface area contributed by atoms with Gasteiger partial charge in [-0.1, -0.05) is 24.3 Å². The zero-order chi connectivity index (χ0) is 20.9. The maximum atomic E-state index is 14.0. The summed E-state index contributed by atoms with van der Waals surface area (Å²) in [5.41, 5.74) is 1.89. The molecule has 0 radical (unpaired) electrons. The highest BCUT2D eigenvalue weighted by molar-refractivity contribution is 5.92. The quantitative estimate of drug-likeness (QED) is 0.628. The third-order valence-corrected chi connectivity index (χ3v) is 5.21. The molecule has 0 aliphatic carbocycles. The predicted octanol–water partition coefficient (Wildman–Crippen LogP) is 3.37. The molecule has 1 fully saturated rings. The summed E-state index contributed by atoms with van der Waals surface area (Å²) in [6.07, 6.45) is 1.62. The van der Waals surface area contributed by atoms with Crippen LogP contribution in [-0.4, -0.2) is 58.3 Å². The minimum absolute atomic E-state index is 0.120. The van der Waals surface area contributed by atoms with Gasteiger partial charge in [0.25, 0.3) is 5.91 Å². The molecule has 0 spiro atoms. The van der Waals surface area contributed by atoms with E-state index in [1.807, 2.05) is 24.0 Å². The maximum absolute atomic E-state index is 14.0. The Bertz CT molecular complexity index is 994. The zero-order valence-corrected chi connectivity index (χ0v) is 17.0. The van der Waals surface area contributed by atoms with Crippen LogP contribution in [0.1, 0.15) is 23.0 Å². The maximum Gasteiger partial charge on any atom is 0.274 e. The Balaban J connectivity index is 1.33. The van der Waals surface area contributed by atoms with Gasteiger partial charge in [-0.05, 0) is 42.8 Å². The number of benzene rings is 2. The van der Waals surface area contributed by atoms with Gasteiger partial charge in [0.2, 0.25) is 0 Å². The average molecular weight is 408 g/mol. The molecule has 2 aromatic carbocycles. The normalized spacial score (nSPS) is 14.7. The molecule has 3 aromatic rings. The SMILES string of the molecule is CCOc1ccc(CN2CCN(C(=O)c3ccn(-c4ccccc4F)n3)CC2)cc1. The van der Waals surface area contributed by atoms with E-state index in [0.717, 1.165) is 25.4 Å². The fourth-order valence-electron chi connectivity index (χ4n) is 3.60. The summed E-state index contributed by atoms with van der Waals surface area (Å²) in [5.74, 6) is 0.389. The molecule has 6 nitrogen and oxygen atoms in total. The van der Waals surface area contributed by atoms with Crippen LogP contribution in [0, 0.1) is 5.82 Å². The van der Waals surface area contributed by atoms with E-state index in [2.05, 4.69) is 22.1 Å². The van der Waals surface area contributed by atoms with Gasteiger partial charge in [-0.25, -0.2) is 9.07 Å². The molecule has 4 rings (SSSR count). The molecule has 1 aliphatic heterocycles. The minimum Gasteiger partial charge on any atom is -0.494 e. The highest BCUT2D eigenvalue weighted by atomic mass is 19.1. The van der Waals surface area contributed by atoms with Crippen LogP contribution in [0.2, 0.25) is 0 Å². The average Bonchev–Trinajstić information content (AvgIpc) is 3.26. The highest BCUT2D eigenvalue weighted by Crippen LogP contribution is 2.16. The van der Waals surface area contributed by atoms with Gasteiger partial charge in [-0.3, -0.25) is 9.69 Å². The molecular weight excluding hydrogens is 383 g/mol. The molecular formula is C23H25FN4O2. The smallest absolute Gasteiger partial charge is 0.274 e. The van der Waals surface area contributed by atoms with Gasteiger partial charge in [-0.2, -0.15) is 5.10 Å². The van der Waals surface area contributed by atoms with E-state index in [4.69, 9.17) is 4.74 Å². The van der Waals surface area contributed by atoms with Crippen LogP contribution < -0.4 is 4.74 Å². The molecule has 156 valence electrons. The van der Waals surface area contributed by atoms with E-state index in [0.29, 0.717) is 31.1 Å². The van der Waals surface area contributed by atoms with E-state index in [9.17, 15) is 9.18 Å². The van der Waals surface area contributed by atoms with E-state index in [1.165, 1.54) is 16.3 Å². The molecule has 0 atom stereocenters. The summed E-state index contributed by atoms with van der Waals surface area (Å²) in [7, 11) is 0. The van der Waals surface area contributed by atoms with Crippen molar-refractivity contribution < 1.29 is 13.9 Å². The monoisotopic (exact) mass is 408 g/mol. The summed E-state index contributed by atoms with van der Waals surface area (Å²) in [6.45, 7) is 6.36. The van der Waals surface area contributed by atoms with Crippen molar-refractivity contribution in [3.8, 4) is 11.4 Å². The lowest BCUT2D eigenvalue weighted by Gasteiger charge is -2.34. The van der Waals surface area contributed by atoms with Crippen LogP contribution in [0.25, 0.3) is 5.69 Å². The summed E-state index contributed by atoms with van der Waals surface area (Å²) in [4.78, 5) is 17.0. The van der Waals surface area contributed by atoms with Gasteiger partial charge in [0.15, 0.2) is 5.69 Å². The second-order valence-electron chi connectivity index (χ2n) is 7.24. The fourth-order valence-corrected chi connectivity index (χ4v) is 3.60. The number of hydrogen-bond donors (Lipinski definition) is 0. The van der Waals surface area contributed by atoms with E-state index >= 15 is 0 Å². The molecule has 30 heavy (non-hydrogen) atoms. The highest BCUT2D eigenvalue weighted by Gasteiger charge is 2.24. The first-order chi connectivity index (χ1) is 14.6. The van der Waals surface area contributed by atoms with Crippen molar-refractivity contribution in [1.82, 2.24) is 19.6 Å². The Morgan fingerprint density at radius 1 is 1.03 bits per heavy atom. The van der Waals surface area contributed by atoms with Gasteiger partial charge in [0.05, 0.1) is 6.61 Å². The Morgan fingerprint density at radius 3 is 2.47 bits per heavy atom. The predicted molar refractivity (Wildman–Crippen MR) is 112 cm³/mol. The Hall–Kier alpha value is -3.19. The van der Waals surface area contributed by atoms with Crippen LogP contribution in [0.5, 0.6) is 5.75 Å². The van der Waals surface area contributed by atoms with Crippen molar-refractivity contribution in [2.24, 2.45) is 0 Å². The number of amides is 1. The third kappa shape index (κ3) is 4.52. The number of rotatable bonds is 6. The first-order valence-corrected chi connectivity index (χ1v) is 10.2. The lowest BCUT2D eigenvalue weighted by molar-refractivity contribution is 0.0622. The summed E-state index contributed by atoms with van der Waals surface area (Å²) in [6, 6.07) is 16.2. The lowest BCUT2D eigenvalue weighted by Crippen LogP contribution is -2.48. The van der Waals surface area contributed by atoms with Gasteiger partial charge < -0.3 is 9.64 Å². The van der Waals surface area contributed by atoms with Gasteiger partial charge in [0.1, 0.15) is 17.3 Å². The number of halogens is 1. The van der Waals surface area contributed by atoms with Crippen molar-refractivity contribution >= 4 is 5.91 Å². The number of carbonyl (C=O) groups is 1. The number of carbonyl (C=O) groups excluding carboxylic acids is 1. The molecule has 0 bridgehead atoms. The van der Waals surface area contributed by atoms with Gasteiger partial charge in [-0.15, -0.1) is 0 Å². The van der Waals surface area contributed by atoms with Crippen LogP contribution in [-0.2, 0) is 6.54 Å². The standard InChI is InChI=1S/C23H25FN4O2/c1-2-30-19-9-7-18(8-10-19)17-26-13-15-27(16-14-26)23(29)21-11-12-28(25-21)22-6-4-3-5-20(22)24/h3-12H,2,13-17H2,1H3. The van der Waals surface area contributed by atoms with Crippen molar-refractivity contribution in [3.05, 3.63) is 77.9 Å². The largest absolute Gasteiger partial charge is 0.494 e. The summed E-state index contributed by atoms with van der Waals surface area (Å²) in [5, 5.41) is 4.29. The van der Waals surface area contributed by atoms with Gasteiger partial charge in [0, 0.05) is 38.9 Å². The van der Waals surface area contributed by atoms with E-state index in [1.54, 1.807) is 30.5 Å². The number of hydrogen-bond acceptors (Lipinski definition) is 4. The number of aromatic nitrogens is 2. The molecule has 1 amide bonds.